The predicted molar refractivity (Wildman–Crippen MR) is 110 cm³/mol. The van der Waals surface area contributed by atoms with Crippen LogP contribution in [0.25, 0.3) is 11.0 Å². The molecule has 2 aromatic heterocycles. The summed E-state index contributed by atoms with van der Waals surface area (Å²) < 4.78 is 4.26. The fraction of sp³-hybridized carbons (Fsp3) is 0.476. The number of aromatic nitrogens is 4. The summed E-state index contributed by atoms with van der Waals surface area (Å²) in [5.74, 6) is 2.61. The lowest BCUT2D eigenvalue weighted by molar-refractivity contribution is -0.117. The predicted octanol–water partition coefficient (Wildman–Crippen LogP) is 2.74. The second-order valence-corrected chi connectivity index (χ2v) is 7.84. The number of likely N-dealkylation sites (tertiary alicyclic amines) is 1. The Morgan fingerprint density at radius 2 is 2.14 bits per heavy atom. The molecule has 0 unspecified atom stereocenters. The SMILES string of the molecule is Cc1nccn1C[C@H]1CCCN(CC(=O)Nc2ccc3c(c2)nc(C)n3C)C1. The minimum atomic E-state index is 0.0338. The van der Waals surface area contributed by atoms with E-state index in [1.165, 1.54) is 6.42 Å². The zero-order valence-electron chi connectivity index (χ0n) is 16.9. The number of hydrogen-bond donors (Lipinski definition) is 1. The number of amides is 1. The first-order valence-electron chi connectivity index (χ1n) is 9.92. The van der Waals surface area contributed by atoms with Crippen LogP contribution in [0.5, 0.6) is 0 Å². The Hall–Kier alpha value is -2.67. The molecule has 1 aliphatic rings. The molecule has 0 spiro atoms. The summed E-state index contributed by atoms with van der Waals surface area (Å²) in [6, 6.07) is 5.90. The number of nitrogens with one attached hydrogen (secondary N) is 1. The number of aryl methyl sites for hydroxylation is 3. The van der Waals surface area contributed by atoms with Gasteiger partial charge in [0.05, 0.1) is 17.6 Å². The summed E-state index contributed by atoms with van der Waals surface area (Å²) in [4.78, 5) is 23.7. The Morgan fingerprint density at radius 3 is 2.93 bits per heavy atom. The molecule has 0 saturated carbocycles. The molecule has 7 nitrogen and oxygen atoms in total. The third kappa shape index (κ3) is 3.94. The number of piperidine rings is 1. The highest BCUT2D eigenvalue weighted by Crippen LogP contribution is 2.21. The van der Waals surface area contributed by atoms with Crippen molar-refractivity contribution < 1.29 is 4.79 Å². The van der Waals surface area contributed by atoms with Gasteiger partial charge in [-0.15, -0.1) is 0 Å². The number of nitrogens with zero attached hydrogens (tertiary/aromatic N) is 5. The highest BCUT2D eigenvalue weighted by Gasteiger charge is 2.22. The van der Waals surface area contributed by atoms with Gasteiger partial charge in [0.15, 0.2) is 0 Å². The zero-order chi connectivity index (χ0) is 19.7. The van der Waals surface area contributed by atoms with Crippen molar-refractivity contribution in [1.82, 2.24) is 24.0 Å². The first kappa shape index (κ1) is 18.7. The summed E-state index contributed by atoms with van der Waals surface area (Å²) in [5.41, 5.74) is 2.79. The zero-order valence-corrected chi connectivity index (χ0v) is 16.9. The largest absolute Gasteiger partial charge is 0.335 e. The van der Waals surface area contributed by atoms with Crippen LogP contribution in [0.3, 0.4) is 0 Å². The number of hydrogen-bond acceptors (Lipinski definition) is 4. The quantitative estimate of drug-likeness (QED) is 0.739. The van der Waals surface area contributed by atoms with Crippen molar-refractivity contribution in [3.63, 3.8) is 0 Å². The lowest BCUT2D eigenvalue weighted by Crippen LogP contribution is -2.41. The Balaban J connectivity index is 1.34. The maximum absolute atomic E-state index is 12.6. The Kier molecular flexibility index (Phi) is 5.17. The van der Waals surface area contributed by atoms with Crippen molar-refractivity contribution in [2.45, 2.75) is 33.2 Å². The minimum absolute atomic E-state index is 0.0338. The first-order valence-corrected chi connectivity index (χ1v) is 9.92. The van der Waals surface area contributed by atoms with E-state index >= 15 is 0 Å². The van der Waals surface area contributed by atoms with E-state index in [0.29, 0.717) is 12.5 Å². The summed E-state index contributed by atoms with van der Waals surface area (Å²) in [6.45, 7) is 7.34. The average molecular weight is 380 g/mol. The van der Waals surface area contributed by atoms with Crippen molar-refractivity contribution in [3.05, 3.63) is 42.2 Å². The molecule has 0 radical (unpaired) electrons. The van der Waals surface area contributed by atoms with Crippen LogP contribution < -0.4 is 5.32 Å². The highest BCUT2D eigenvalue weighted by atomic mass is 16.2. The van der Waals surface area contributed by atoms with Crippen molar-refractivity contribution in [1.29, 1.82) is 0 Å². The van der Waals surface area contributed by atoms with Gasteiger partial charge in [0.25, 0.3) is 0 Å². The number of benzene rings is 1. The summed E-state index contributed by atoms with van der Waals surface area (Å²) >= 11 is 0. The van der Waals surface area contributed by atoms with Gasteiger partial charge < -0.3 is 14.5 Å². The van der Waals surface area contributed by atoms with E-state index in [1.807, 2.05) is 51.5 Å². The molecule has 1 aromatic carbocycles. The van der Waals surface area contributed by atoms with Gasteiger partial charge in [-0.2, -0.15) is 0 Å². The molecule has 0 aliphatic carbocycles. The maximum atomic E-state index is 12.6. The van der Waals surface area contributed by atoms with E-state index in [9.17, 15) is 4.79 Å². The highest BCUT2D eigenvalue weighted by molar-refractivity contribution is 5.94. The fourth-order valence-electron chi connectivity index (χ4n) is 4.12. The van der Waals surface area contributed by atoms with Gasteiger partial charge in [-0.3, -0.25) is 9.69 Å². The normalized spacial score (nSPS) is 17.9. The molecule has 1 atom stereocenters. The summed E-state index contributed by atoms with van der Waals surface area (Å²) in [5, 5.41) is 3.03. The molecule has 1 amide bonds. The molecule has 28 heavy (non-hydrogen) atoms. The Bertz CT molecular complexity index is 988. The van der Waals surface area contributed by atoms with E-state index in [2.05, 4.69) is 29.3 Å². The fourth-order valence-corrected chi connectivity index (χ4v) is 4.12. The Morgan fingerprint density at radius 1 is 1.29 bits per heavy atom. The topological polar surface area (TPSA) is 68.0 Å². The van der Waals surface area contributed by atoms with E-state index < -0.39 is 0 Å². The van der Waals surface area contributed by atoms with E-state index in [4.69, 9.17) is 0 Å². The molecule has 3 heterocycles. The van der Waals surface area contributed by atoms with Gasteiger partial charge >= 0.3 is 0 Å². The molecular formula is C21H28N6O. The van der Waals surface area contributed by atoms with Crippen LogP contribution in [0, 0.1) is 19.8 Å². The molecular weight excluding hydrogens is 352 g/mol. The van der Waals surface area contributed by atoms with E-state index in [0.717, 1.165) is 54.4 Å². The van der Waals surface area contributed by atoms with Crippen molar-refractivity contribution in [2.75, 3.05) is 25.0 Å². The molecule has 7 heteroatoms. The second-order valence-electron chi connectivity index (χ2n) is 7.84. The lowest BCUT2D eigenvalue weighted by Gasteiger charge is -2.32. The van der Waals surface area contributed by atoms with Gasteiger partial charge in [0.2, 0.25) is 5.91 Å². The third-order valence-electron chi connectivity index (χ3n) is 5.74. The van der Waals surface area contributed by atoms with Crippen molar-refractivity contribution >= 4 is 22.6 Å². The van der Waals surface area contributed by atoms with E-state index in [-0.39, 0.29) is 5.91 Å². The lowest BCUT2D eigenvalue weighted by atomic mass is 9.98. The van der Waals surface area contributed by atoms with Crippen molar-refractivity contribution in [3.8, 4) is 0 Å². The van der Waals surface area contributed by atoms with Gasteiger partial charge in [0.1, 0.15) is 11.6 Å². The summed E-state index contributed by atoms with van der Waals surface area (Å²) in [6.07, 6.45) is 6.22. The van der Waals surface area contributed by atoms with Crippen LogP contribution in [0.15, 0.2) is 30.6 Å². The molecule has 1 fully saturated rings. The number of carbonyl (C=O) groups excluding carboxylic acids is 1. The molecule has 0 bridgehead atoms. The second kappa shape index (κ2) is 7.75. The minimum Gasteiger partial charge on any atom is -0.335 e. The van der Waals surface area contributed by atoms with Crippen LogP contribution in [0.1, 0.15) is 24.5 Å². The number of carbonyl (C=O) groups is 1. The monoisotopic (exact) mass is 380 g/mol. The van der Waals surface area contributed by atoms with Gasteiger partial charge in [-0.05, 0) is 57.4 Å². The van der Waals surface area contributed by atoms with Crippen LogP contribution in [0.4, 0.5) is 5.69 Å². The number of fused-ring (bicyclic) bond motifs is 1. The molecule has 3 aromatic rings. The van der Waals surface area contributed by atoms with Crippen LogP contribution >= 0.6 is 0 Å². The van der Waals surface area contributed by atoms with Crippen molar-refractivity contribution in [2.24, 2.45) is 13.0 Å². The molecule has 4 rings (SSSR count). The van der Waals surface area contributed by atoms with Crippen LogP contribution in [-0.4, -0.2) is 49.5 Å². The number of imidazole rings is 2. The van der Waals surface area contributed by atoms with Gasteiger partial charge in [-0.1, -0.05) is 0 Å². The van der Waals surface area contributed by atoms with Crippen LogP contribution in [-0.2, 0) is 18.4 Å². The molecule has 1 aliphatic heterocycles. The smallest absolute Gasteiger partial charge is 0.238 e. The number of rotatable bonds is 5. The Labute approximate surface area is 165 Å². The average Bonchev–Trinajstić information content (AvgIpc) is 3.18. The van der Waals surface area contributed by atoms with Gasteiger partial charge in [0, 0.05) is 38.2 Å². The van der Waals surface area contributed by atoms with E-state index in [1.54, 1.807) is 0 Å². The van der Waals surface area contributed by atoms with Gasteiger partial charge in [-0.25, -0.2) is 9.97 Å². The maximum Gasteiger partial charge on any atom is 0.238 e. The summed E-state index contributed by atoms with van der Waals surface area (Å²) in [7, 11) is 2.00. The third-order valence-corrected chi connectivity index (χ3v) is 5.74. The first-order chi connectivity index (χ1) is 13.5. The molecule has 148 valence electrons. The standard InChI is InChI=1S/C21H28N6O/c1-15-22-8-10-27(15)13-17-5-4-9-26(12-17)14-21(28)24-18-6-7-20-19(11-18)23-16(2)25(20)3/h6-8,10-11,17H,4-5,9,12-14H2,1-3H3,(H,24,28)/t17-/m0/s1. The molecule has 1 N–H and O–H groups in total. The molecule has 1 saturated heterocycles. The number of anilines is 1. The van der Waals surface area contributed by atoms with Crippen LogP contribution in [0.2, 0.25) is 0 Å².